The number of benzene rings is 1. The summed E-state index contributed by atoms with van der Waals surface area (Å²) in [6, 6.07) is 7.35. The van der Waals surface area contributed by atoms with E-state index in [4.69, 9.17) is 0 Å². The molecule has 5 heteroatoms. The van der Waals surface area contributed by atoms with E-state index >= 15 is 0 Å². The van der Waals surface area contributed by atoms with Crippen LogP contribution in [0.1, 0.15) is 0 Å². The lowest BCUT2D eigenvalue weighted by Crippen LogP contribution is -1.96. The number of nitrogens with one attached hydrogen (secondary N) is 1. The smallest absolute Gasteiger partial charge is 0.214 e. The molecular formula is C11H7BrF2N2. The summed E-state index contributed by atoms with van der Waals surface area (Å²) in [7, 11) is 0. The first kappa shape index (κ1) is 11.0. The molecule has 0 atom stereocenters. The molecular weight excluding hydrogens is 278 g/mol. The maximum Gasteiger partial charge on any atom is 0.214 e. The van der Waals surface area contributed by atoms with Crippen molar-refractivity contribution in [1.29, 1.82) is 0 Å². The second kappa shape index (κ2) is 4.57. The zero-order chi connectivity index (χ0) is 11.5. The molecule has 1 aromatic heterocycles. The lowest BCUT2D eigenvalue weighted by molar-refractivity contribution is 0.584. The van der Waals surface area contributed by atoms with Crippen molar-refractivity contribution in [2.45, 2.75) is 0 Å². The molecule has 0 saturated heterocycles. The molecule has 2 aromatic rings. The van der Waals surface area contributed by atoms with Gasteiger partial charge < -0.3 is 5.32 Å². The summed E-state index contributed by atoms with van der Waals surface area (Å²) < 4.78 is 26.8. The van der Waals surface area contributed by atoms with Crippen LogP contribution in [0.25, 0.3) is 0 Å². The molecule has 1 aromatic carbocycles. The van der Waals surface area contributed by atoms with Crippen molar-refractivity contribution in [1.82, 2.24) is 4.98 Å². The SMILES string of the molecule is Fc1cc(Nc2c(F)cccc2Br)ccn1. The second-order valence-electron chi connectivity index (χ2n) is 3.09. The first-order valence-electron chi connectivity index (χ1n) is 4.49. The number of anilines is 2. The first-order chi connectivity index (χ1) is 7.66. The van der Waals surface area contributed by atoms with Crippen LogP contribution in [-0.2, 0) is 0 Å². The first-order valence-corrected chi connectivity index (χ1v) is 5.29. The van der Waals surface area contributed by atoms with Gasteiger partial charge in [-0.25, -0.2) is 9.37 Å². The Labute approximate surface area is 99.5 Å². The number of halogens is 3. The minimum absolute atomic E-state index is 0.271. The van der Waals surface area contributed by atoms with E-state index in [0.29, 0.717) is 10.2 Å². The van der Waals surface area contributed by atoms with E-state index in [1.54, 1.807) is 18.2 Å². The fraction of sp³-hybridized carbons (Fsp3) is 0. The third-order valence-electron chi connectivity index (χ3n) is 1.96. The minimum atomic E-state index is -0.613. The summed E-state index contributed by atoms with van der Waals surface area (Å²) in [6.45, 7) is 0. The Morgan fingerprint density at radius 3 is 2.69 bits per heavy atom. The van der Waals surface area contributed by atoms with E-state index in [9.17, 15) is 8.78 Å². The van der Waals surface area contributed by atoms with E-state index in [2.05, 4.69) is 26.2 Å². The van der Waals surface area contributed by atoms with Crippen LogP contribution in [0.2, 0.25) is 0 Å². The van der Waals surface area contributed by atoms with Gasteiger partial charge in [-0.1, -0.05) is 6.07 Å². The Morgan fingerprint density at radius 1 is 1.19 bits per heavy atom. The minimum Gasteiger partial charge on any atom is -0.352 e. The Balaban J connectivity index is 2.34. The molecule has 16 heavy (non-hydrogen) atoms. The van der Waals surface area contributed by atoms with Crippen LogP contribution in [0.5, 0.6) is 0 Å². The maximum atomic E-state index is 13.4. The molecule has 0 aliphatic rings. The molecule has 0 spiro atoms. The number of para-hydroxylation sites is 1. The van der Waals surface area contributed by atoms with Gasteiger partial charge in [0.25, 0.3) is 0 Å². The number of aromatic nitrogens is 1. The van der Waals surface area contributed by atoms with E-state index in [1.165, 1.54) is 18.3 Å². The standard InChI is InChI=1S/C11H7BrF2N2/c12-8-2-1-3-9(13)11(8)16-7-4-5-15-10(14)6-7/h1-6H,(H,15,16). The predicted molar refractivity (Wildman–Crippen MR) is 61.6 cm³/mol. The molecule has 0 aliphatic heterocycles. The quantitative estimate of drug-likeness (QED) is 0.847. The van der Waals surface area contributed by atoms with Crippen LogP contribution in [0.15, 0.2) is 41.0 Å². The summed E-state index contributed by atoms with van der Waals surface area (Å²) in [5, 5.41) is 2.78. The number of nitrogens with zero attached hydrogens (tertiary/aromatic N) is 1. The van der Waals surface area contributed by atoms with E-state index < -0.39 is 11.8 Å². The van der Waals surface area contributed by atoms with Gasteiger partial charge in [0.05, 0.1) is 5.69 Å². The van der Waals surface area contributed by atoms with Crippen molar-refractivity contribution in [3.05, 3.63) is 52.8 Å². The number of rotatable bonds is 2. The predicted octanol–water partition coefficient (Wildman–Crippen LogP) is 3.87. The van der Waals surface area contributed by atoms with E-state index in [-0.39, 0.29) is 5.69 Å². The summed E-state index contributed by atoms with van der Waals surface area (Å²) in [6.07, 6.45) is 1.31. The molecule has 0 amide bonds. The summed E-state index contributed by atoms with van der Waals surface area (Å²) in [5.41, 5.74) is 0.714. The molecule has 2 nitrogen and oxygen atoms in total. The lowest BCUT2D eigenvalue weighted by Gasteiger charge is -2.09. The number of hydrogen-bond donors (Lipinski definition) is 1. The fourth-order valence-electron chi connectivity index (χ4n) is 1.24. The van der Waals surface area contributed by atoms with Gasteiger partial charge in [-0.3, -0.25) is 0 Å². The van der Waals surface area contributed by atoms with Crippen LogP contribution in [0.3, 0.4) is 0 Å². The highest BCUT2D eigenvalue weighted by molar-refractivity contribution is 9.10. The van der Waals surface area contributed by atoms with Crippen LogP contribution >= 0.6 is 15.9 Å². The fourth-order valence-corrected chi connectivity index (χ4v) is 1.68. The molecule has 82 valence electrons. The van der Waals surface area contributed by atoms with Crippen molar-refractivity contribution < 1.29 is 8.78 Å². The average Bonchev–Trinajstić information content (AvgIpc) is 2.24. The third kappa shape index (κ3) is 2.36. The van der Waals surface area contributed by atoms with Gasteiger partial charge in [0.1, 0.15) is 5.82 Å². The van der Waals surface area contributed by atoms with Gasteiger partial charge >= 0.3 is 0 Å². The third-order valence-corrected chi connectivity index (χ3v) is 2.62. The molecule has 1 N–H and O–H groups in total. The number of hydrogen-bond acceptors (Lipinski definition) is 2. The normalized spacial score (nSPS) is 10.2. The van der Waals surface area contributed by atoms with Crippen molar-refractivity contribution in [2.24, 2.45) is 0 Å². The summed E-state index contributed by atoms with van der Waals surface area (Å²) in [4.78, 5) is 3.41. The highest BCUT2D eigenvalue weighted by Crippen LogP contribution is 2.28. The summed E-state index contributed by atoms with van der Waals surface area (Å²) in [5.74, 6) is -1.02. The molecule has 2 rings (SSSR count). The maximum absolute atomic E-state index is 13.4. The zero-order valence-electron chi connectivity index (χ0n) is 8.05. The molecule has 0 bridgehead atoms. The Morgan fingerprint density at radius 2 is 2.00 bits per heavy atom. The van der Waals surface area contributed by atoms with E-state index in [1.807, 2.05) is 0 Å². The van der Waals surface area contributed by atoms with Crippen molar-refractivity contribution >= 4 is 27.3 Å². The number of pyridine rings is 1. The van der Waals surface area contributed by atoms with Crippen molar-refractivity contribution in [3.63, 3.8) is 0 Å². The highest BCUT2D eigenvalue weighted by atomic mass is 79.9. The molecule has 0 saturated carbocycles. The van der Waals surface area contributed by atoms with Gasteiger partial charge in [0.15, 0.2) is 0 Å². The second-order valence-corrected chi connectivity index (χ2v) is 3.94. The zero-order valence-corrected chi connectivity index (χ0v) is 9.63. The van der Waals surface area contributed by atoms with Gasteiger partial charge in [0, 0.05) is 22.4 Å². The van der Waals surface area contributed by atoms with Gasteiger partial charge in [-0.2, -0.15) is 4.39 Å². The van der Waals surface area contributed by atoms with Gasteiger partial charge in [0.2, 0.25) is 5.95 Å². The summed E-state index contributed by atoms with van der Waals surface area (Å²) >= 11 is 3.21. The van der Waals surface area contributed by atoms with Crippen molar-refractivity contribution in [3.8, 4) is 0 Å². The molecule has 0 fully saturated rings. The molecule has 0 aliphatic carbocycles. The lowest BCUT2D eigenvalue weighted by atomic mass is 10.3. The Hall–Kier alpha value is -1.49. The van der Waals surface area contributed by atoms with Crippen molar-refractivity contribution in [2.75, 3.05) is 5.32 Å². The van der Waals surface area contributed by atoms with Crippen LogP contribution in [0, 0.1) is 11.8 Å². The largest absolute Gasteiger partial charge is 0.352 e. The van der Waals surface area contributed by atoms with Crippen LogP contribution in [0.4, 0.5) is 20.2 Å². The Bertz CT molecular complexity index is 497. The van der Waals surface area contributed by atoms with Gasteiger partial charge in [-0.15, -0.1) is 0 Å². The molecule has 1 heterocycles. The monoisotopic (exact) mass is 284 g/mol. The van der Waals surface area contributed by atoms with Gasteiger partial charge in [-0.05, 0) is 34.1 Å². The van der Waals surface area contributed by atoms with Crippen LogP contribution in [-0.4, -0.2) is 4.98 Å². The average molecular weight is 285 g/mol. The van der Waals surface area contributed by atoms with E-state index in [0.717, 1.165) is 0 Å². The molecule has 0 radical (unpaired) electrons. The Kier molecular flexibility index (Phi) is 3.14. The molecule has 0 unspecified atom stereocenters. The highest BCUT2D eigenvalue weighted by Gasteiger charge is 2.06. The topological polar surface area (TPSA) is 24.9 Å². The van der Waals surface area contributed by atoms with Crippen LogP contribution < -0.4 is 5.32 Å².